The summed E-state index contributed by atoms with van der Waals surface area (Å²) in [6, 6.07) is 9.21. The number of hydrogen-bond donors (Lipinski definition) is 0. The Morgan fingerprint density at radius 3 is 2.56 bits per heavy atom. The fourth-order valence-electron chi connectivity index (χ4n) is 2.78. The highest BCUT2D eigenvalue weighted by molar-refractivity contribution is 6.07. The molecule has 1 saturated heterocycles. The van der Waals surface area contributed by atoms with Gasteiger partial charge in [0.15, 0.2) is 0 Å². The zero-order valence-electron chi connectivity index (χ0n) is 8.93. The molecule has 3 heteroatoms. The van der Waals surface area contributed by atoms with Gasteiger partial charge in [-0.1, -0.05) is 18.2 Å². The SMILES string of the molecule is O=C(c1ccccc1)N1C(=O)[C@H]2CC[C@@H]1C2. The van der Waals surface area contributed by atoms with Crippen molar-refractivity contribution in [1.82, 2.24) is 4.90 Å². The van der Waals surface area contributed by atoms with Crippen molar-refractivity contribution in [2.24, 2.45) is 5.92 Å². The van der Waals surface area contributed by atoms with Crippen molar-refractivity contribution in [1.29, 1.82) is 0 Å². The van der Waals surface area contributed by atoms with Crippen LogP contribution in [-0.2, 0) is 4.79 Å². The van der Waals surface area contributed by atoms with E-state index in [4.69, 9.17) is 0 Å². The molecule has 0 aromatic heterocycles. The highest BCUT2D eigenvalue weighted by Crippen LogP contribution is 2.39. The van der Waals surface area contributed by atoms with Crippen molar-refractivity contribution >= 4 is 11.8 Å². The van der Waals surface area contributed by atoms with E-state index in [2.05, 4.69) is 0 Å². The molecule has 16 heavy (non-hydrogen) atoms. The van der Waals surface area contributed by atoms with Crippen LogP contribution < -0.4 is 0 Å². The van der Waals surface area contributed by atoms with Gasteiger partial charge in [-0.25, -0.2) is 0 Å². The van der Waals surface area contributed by atoms with Crippen LogP contribution in [0.3, 0.4) is 0 Å². The van der Waals surface area contributed by atoms with E-state index in [-0.39, 0.29) is 23.8 Å². The highest BCUT2D eigenvalue weighted by Gasteiger charge is 2.47. The van der Waals surface area contributed by atoms with Crippen LogP contribution >= 0.6 is 0 Å². The van der Waals surface area contributed by atoms with E-state index in [9.17, 15) is 9.59 Å². The molecule has 3 nitrogen and oxygen atoms in total. The Morgan fingerprint density at radius 1 is 1.19 bits per heavy atom. The number of rotatable bonds is 1. The number of likely N-dealkylation sites (tertiary alicyclic amines) is 1. The highest BCUT2D eigenvalue weighted by atomic mass is 16.2. The van der Waals surface area contributed by atoms with Crippen LogP contribution in [0.15, 0.2) is 30.3 Å². The first-order valence-electron chi connectivity index (χ1n) is 5.70. The lowest BCUT2D eigenvalue weighted by Gasteiger charge is -2.25. The maximum Gasteiger partial charge on any atom is 0.260 e. The van der Waals surface area contributed by atoms with E-state index >= 15 is 0 Å². The van der Waals surface area contributed by atoms with Crippen molar-refractivity contribution in [2.45, 2.75) is 25.3 Å². The summed E-state index contributed by atoms with van der Waals surface area (Å²) in [5.41, 5.74) is 0.614. The van der Waals surface area contributed by atoms with Crippen LogP contribution in [0.1, 0.15) is 29.6 Å². The standard InChI is InChI=1S/C13H13NO2/c15-12(9-4-2-1-3-5-9)14-11-7-6-10(8-11)13(14)16/h1-5,10-11H,6-8H2/t10-,11+/m0/s1. The molecule has 1 heterocycles. The Hall–Kier alpha value is -1.64. The second-order valence-electron chi connectivity index (χ2n) is 4.54. The van der Waals surface area contributed by atoms with E-state index in [1.807, 2.05) is 18.2 Å². The maximum absolute atomic E-state index is 12.2. The normalized spacial score (nSPS) is 27.5. The summed E-state index contributed by atoms with van der Waals surface area (Å²) < 4.78 is 0. The molecule has 2 aliphatic rings. The summed E-state index contributed by atoms with van der Waals surface area (Å²) in [6.07, 6.45) is 2.81. The van der Waals surface area contributed by atoms with Crippen LogP contribution in [0.2, 0.25) is 0 Å². The average Bonchev–Trinajstić information content (AvgIpc) is 2.90. The lowest BCUT2D eigenvalue weighted by molar-refractivity contribution is -0.131. The van der Waals surface area contributed by atoms with Crippen molar-refractivity contribution in [3.63, 3.8) is 0 Å². The predicted octanol–water partition coefficient (Wildman–Crippen LogP) is 1.84. The molecule has 0 radical (unpaired) electrons. The van der Waals surface area contributed by atoms with Crippen LogP contribution in [-0.4, -0.2) is 22.8 Å². The van der Waals surface area contributed by atoms with Crippen molar-refractivity contribution in [2.75, 3.05) is 0 Å². The number of amides is 2. The van der Waals surface area contributed by atoms with Gasteiger partial charge in [0, 0.05) is 17.5 Å². The fraction of sp³-hybridized carbons (Fsp3) is 0.385. The molecular weight excluding hydrogens is 202 g/mol. The van der Waals surface area contributed by atoms with Crippen LogP contribution in [0.4, 0.5) is 0 Å². The number of carbonyl (C=O) groups excluding carboxylic acids is 2. The third-order valence-electron chi connectivity index (χ3n) is 3.60. The van der Waals surface area contributed by atoms with E-state index in [1.165, 1.54) is 4.90 Å². The zero-order chi connectivity index (χ0) is 11.1. The Morgan fingerprint density at radius 2 is 1.94 bits per heavy atom. The second kappa shape index (κ2) is 3.44. The molecule has 2 bridgehead atoms. The minimum Gasteiger partial charge on any atom is -0.275 e. The molecule has 1 aromatic carbocycles. The summed E-state index contributed by atoms with van der Waals surface area (Å²) in [7, 11) is 0. The first-order valence-corrected chi connectivity index (χ1v) is 5.70. The molecule has 0 unspecified atom stereocenters. The number of nitrogens with zero attached hydrogens (tertiary/aromatic N) is 1. The molecule has 0 spiro atoms. The molecule has 1 saturated carbocycles. The van der Waals surface area contributed by atoms with E-state index < -0.39 is 0 Å². The summed E-state index contributed by atoms with van der Waals surface area (Å²) in [5, 5.41) is 0. The molecular formula is C13H13NO2. The van der Waals surface area contributed by atoms with Crippen LogP contribution in [0, 0.1) is 5.92 Å². The molecule has 0 N–H and O–H groups in total. The van der Waals surface area contributed by atoms with E-state index in [0.29, 0.717) is 5.56 Å². The molecule has 1 aliphatic carbocycles. The zero-order valence-corrected chi connectivity index (χ0v) is 8.93. The Bertz CT molecular complexity index is 441. The number of imide groups is 1. The molecule has 2 amide bonds. The summed E-state index contributed by atoms with van der Waals surface area (Å²) in [5.74, 6) is 0.0144. The van der Waals surface area contributed by atoms with Gasteiger partial charge >= 0.3 is 0 Å². The third kappa shape index (κ3) is 1.28. The van der Waals surface area contributed by atoms with Gasteiger partial charge in [0.2, 0.25) is 5.91 Å². The minimum atomic E-state index is -0.127. The molecule has 2 atom stereocenters. The molecule has 2 fully saturated rings. The van der Waals surface area contributed by atoms with Gasteiger partial charge in [0.1, 0.15) is 0 Å². The first kappa shape index (κ1) is 9.58. The van der Waals surface area contributed by atoms with Gasteiger partial charge < -0.3 is 0 Å². The number of carbonyl (C=O) groups is 2. The number of fused-ring (bicyclic) bond motifs is 2. The smallest absolute Gasteiger partial charge is 0.260 e. The third-order valence-corrected chi connectivity index (χ3v) is 3.60. The summed E-state index contributed by atoms with van der Waals surface area (Å²) in [6.45, 7) is 0. The Labute approximate surface area is 94.1 Å². The molecule has 82 valence electrons. The first-order chi connectivity index (χ1) is 7.77. The van der Waals surface area contributed by atoms with Gasteiger partial charge in [0.25, 0.3) is 5.91 Å². The second-order valence-corrected chi connectivity index (χ2v) is 4.54. The van der Waals surface area contributed by atoms with Crippen LogP contribution in [0.5, 0.6) is 0 Å². The quantitative estimate of drug-likeness (QED) is 0.670. The van der Waals surface area contributed by atoms with Gasteiger partial charge in [0.05, 0.1) is 0 Å². The van der Waals surface area contributed by atoms with Crippen molar-refractivity contribution in [3.05, 3.63) is 35.9 Å². The summed E-state index contributed by atoms with van der Waals surface area (Å²) >= 11 is 0. The lowest BCUT2D eigenvalue weighted by Crippen LogP contribution is -2.41. The maximum atomic E-state index is 12.2. The van der Waals surface area contributed by atoms with Crippen molar-refractivity contribution in [3.8, 4) is 0 Å². The average molecular weight is 215 g/mol. The number of hydrogen-bond acceptors (Lipinski definition) is 2. The topological polar surface area (TPSA) is 37.4 Å². The lowest BCUT2D eigenvalue weighted by atomic mass is 10.1. The minimum absolute atomic E-state index is 0.0325. The summed E-state index contributed by atoms with van der Waals surface area (Å²) in [4.78, 5) is 25.5. The predicted molar refractivity (Wildman–Crippen MR) is 58.7 cm³/mol. The van der Waals surface area contributed by atoms with Gasteiger partial charge in [-0.05, 0) is 31.4 Å². The van der Waals surface area contributed by atoms with E-state index in [1.54, 1.807) is 12.1 Å². The molecule has 3 rings (SSSR count). The monoisotopic (exact) mass is 215 g/mol. The largest absolute Gasteiger partial charge is 0.275 e. The van der Waals surface area contributed by atoms with Gasteiger partial charge in [-0.2, -0.15) is 0 Å². The van der Waals surface area contributed by atoms with Crippen LogP contribution in [0.25, 0.3) is 0 Å². The molecule has 1 aromatic rings. The van der Waals surface area contributed by atoms with Gasteiger partial charge in [-0.15, -0.1) is 0 Å². The van der Waals surface area contributed by atoms with Gasteiger partial charge in [-0.3, -0.25) is 14.5 Å². The fourth-order valence-corrected chi connectivity index (χ4v) is 2.78. The van der Waals surface area contributed by atoms with E-state index in [0.717, 1.165) is 19.3 Å². The Kier molecular flexibility index (Phi) is 2.06. The Balaban J connectivity index is 1.89. The molecule has 1 aliphatic heterocycles. The number of piperidine rings is 1. The van der Waals surface area contributed by atoms with Crippen molar-refractivity contribution < 1.29 is 9.59 Å². The number of benzene rings is 1.